The first-order chi connectivity index (χ1) is 8.52. The topological polar surface area (TPSA) is 74.7 Å². The lowest BCUT2D eigenvalue weighted by molar-refractivity contribution is 0.317. The number of oxime groups is 1. The van der Waals surface area contributed by atoms with Gasteiger partial charge in [0, 0.05) is 19.5 Å². The first kappa shape index (κ1) is 14.2. The number of rotatable bonds is 6. The van der Waals surface area contributed by atoms with E-state index in [1.165, 1.54) is 12.3 Å². The highest BCUT2D eigenvalue weighted by molar-refractivity contribution is 5.80. The van der Waals surface area contributed by atoms with E-state index in [-0.39, 0.29) is 11.7 Å². The Bertz CT molecular complexity index is 392. The maximum absolute atomic E-state index is 12.8. The number of anilines is 1. The third-order valence-corrected chi connectivity index (χ3v) is 2.39. The van der Waals surface area contributed by atoms with Crippen LogP contribution in [0.15, 0.2) is 23.5 Å². The van der Waals surface area contributed by atoms with E-state index in [0.717, 1.165) is 6.54 Å². The van der Waals surface area contributed by atoms with Crippen LogP contribution in [0.5, 0.6) is 0 Å². The molecule has 1 rings (SSSR count). The summed E-state index contributed by atoms with van der Waals surface area (Å²) in [5.74, 6) is 0.936. The second-order valence-electron chi connectivity index (χ2n) is 4.52. The van der Waals surface area contributed by atoms with Gasteiger partial charge in [0.1, 0.15) is 17.5 Å². The fraction of sp³-hybridized carbons (Fsp3) is 0.500. The highest BCUT2D eigenvalue weighted by atomic mass is 19.1. The summed E-state index contributed by atoms with van der Waals surface area (Å²) in [7, 11) is 0. The van der Waals surface area contributed by atoms with Crippen LogP contribution in [0.4, 0.5) is 10.2 Å². The molecule has 1 aromatic rings. The molecule has 0 unspecified atom stereocenters. The zero-order valence-electron chi connectivity index (χ0n) is 10.7. The standard InChI is InChI=1S/C12H19FN4O/c1-9(2)8-17(6-5-11(14)16-18)12-4-3-10(13)7-15-12/h3-4,7,9,18H,5-6,8H2,1-2H3,(H2,14,16). The van der Waals surface area contributed by atoms with Crippen molar-refractivity contribution < 1.29 is 9.60 Å². The van der Waals surface area contributed by atoms with Gasteiger partial charge in [-0.15, -0.1) is 0 Å². The van der Waals surface area contributed by atoms with E-state index in [9.17, 15) is 4.39 Å². The monoisotopic (exact) mass is 254 g/mol. The Kier molecular flexibility index (Phi) is 5.35. The van der Waals surface area contributed by atoms with Crippen molar-refractivity contribution in [1.82, 2.24) is 4.98 Å². The van der Waals surface area contributed by atoms with Crippen LogP contribution in [-0.2, 0) is 0 Å². The molecule has 100 valence electrons. The molecule has 0 spiro atoms. The molecule has 0 fully saturated rings. The molecule has 1 aromatic heterocycles. The Morgan fingerprint density at radius 3 is 2.78 bits per heavy atom. The SMILES string of the molecule is CC(C)CN(CCC(N)=NO)c1ccc(F)cn1. The number of aromatic nitrogens is 1. The van der Waals surface area contributed by atoms with Gasteiger partial charge in [-0.25, -0.2) is 9.37 Å². The van der Waals surface area contributed by atoms with Gasteiger partial charge in [0.05, 0.1) is 6.20 Å². The van der Waals surface area contributed by atoms with Crippen molar-refractivity contribution >= 4 is 11.7 Å². The van der Waals surface area contributed by atoms with E-state index in [4.69, 9.17) is 10.9 Å². The number of amidine groups is 1. The first-order valence-electron chi connectivity index (χ1n) is 5.85. The van der Waals surface area contributed by atoms with Crippen LogP contribution in [0.2, 0.25) is 0 Å². The molecule has 0 saturated heterocycles. The average Bonchev–Trinajstić information content (AvgIpc) is 2.34. The quantitative estimate of drug-likeness (QED) is 0.351. The van der Waals surface area contributed by atoms with Gasteiger partial charge in [-0.1, -0.05) is 19.0 Å². The smallest absolute Gasteiger partial charge is 0.141 e. The molecule has 0 atom stereocenters. The van der Waals surface area contributed by atoms with E-state index in [2.05, 4.69) is 24.0 Å². The molecule has 3 N–H and O–H groups in total. The van der Waals surface area contributed by atoms with Gasteiger partial charge in [0.25, 0.3) is 0 Å². The van der Waals surface area contributed by atoms with Crippen molar-refractivity contribution in [2.75, 3.05) is 18.0 Å². The summed E-state index contributed by atoms with van der Waals surface area (Å²) in [5.41, 5.74) is 5.45. The number of halogens is 1. The second-order valence-corrected chi connectivity index (χ2v) is 4.52. The number of nitrogens with two attached hydrogens (primary N) is 1. The third-order valence-electron chi connectivity index (χ3n) is 2.39. The molecule has 1 heterocycles. The lowest BCUT2D eigenvalue weighted by atomic mass is 10.2. The minimum absolute atomic E-state index is 0.172. The van der Waals surface area contributed by atoms with Gasteiger partial charge < -0.3 is 15.8 Å². The van der Waals surface area contributed by atoms with Crippen LogP contribution < -0.4 is 10.6 Å². The van der Waals surface area contributed by atoms with E-state index < -0.39 is 0 Å². The zero-order chi connectivity index (χ0) is 13.5. The highest BCUT2D eigenvalue weighted by Gasteiger charge is 2.10. The van der Waals surface area contributed by atoms with Crippen LogP contribution in [0.25, 0.3) is 0 Å². The summed E-state index contributed by atoms with van der Waals surface area (Å²) >= 11 is 0. The molecule has 0 aromatic carbocycles. The van der Waals surface area contributed by atoms with Gasteiger partial charge >= 0.3 is 0 Å². The van der Waals surface area contributed by atoms with E-state index >= 15 is 0 Å². The Morgan fingerprint density at radius 1 is 1.56 bits per heavy atom. The van der Waals surface area contributed by atoms with Gasteiger partial charge in [-0.2, -0.15) is 0 Å². The van der Waals surface area contributed by atoms with Crippen molar-refractivity contribution in [2.24, 2.45) is 16.8 Å². The minimum Gasteiger partial charge on any atom is -0.409 e. The molecule has 0 saturated carbocycles. The second kappa shape index (κ2) is 6.78. The molecular weight excluding hydrogens is 235 g/mol. The lowest BCUT2D eigenvalue weighted by Crippen LogP contribution is -2.32. The van der Waals surface area contributed by atoms with Crippen molar-refractivity contribution in [2.45, 2.75) is 20.3 Å². The molecule has 0 amide bonds. The number of pyridine rings is 1. The molecule has 18 heavy (non-hydrogen) atoms. The Labute approximate surface area is 106 Å². The summed E-state index contributed by atoms with van der Waals surface area (Å²) in [5, 5.41) is 11.5. The van der Waals surface area contributed by atoms with Crippen LogP contribution in [0, 0.1) is 11.7 Å². The molecule has 0 aliphatic rings. The summed E-state index contributed by atoms with van der Waals surface area (Å²) in [4.78, 5) is 6.03. The third kappa shape index (κ3) is 4.57. The molecular formula is C12H19FN4O. The normalized spacial score (nSPS) is 11.9. The molecule has 0 radical (unpaired) electrons. The molecule has 5 nitrogen and oxygen atoms in total. The predicted octanol–water partition coefficient (Wildman–Crippen LogP) is 1.82. The average molecular weight is 254 g/mol. The fourth-order valence-corrected chi connectivity index (χ4v) is 1.59. The predicted molar refractivity (Wildman–Crippen MR) is 69.3 cm³/mol. The maximum Gasteiger partial charge on any atom is 0.141 e. The fourth-order valence-electron chi connectivity index (χ4n) is 1.59. The van der Waals surface area contributed by atoms with Gasteiger partial charge in [0.15, 0.2) is 0 Å². The zero-order valence-corrected chi connectivity index (χ0v) is 10.7. The molecule has 0 aliphatic carbocycles. The van der Waals surface area contributed by atoms with Gasteiger partial charge in [0.2, 0.25) is 0 Å². The maximum atomic E-state index is 12.8. The molecule has 0 aliphatic heterocycles. The van der Waals surface area contributed by atoms with Crippen LogP contribution in [0.3, 0.4) is 0 Å². The minimum atomic E-state index is -0.361. The lowest BCUT2D eigenvalue weighted by Gasteiger charge is -2.25. The molecule has 0 bridgehead atoms. The summed E-state index contributed by atoms with van der Waals surface area (Å²) in [6.45, 7) is 5.52. The Balaban J connectivity index is 2.74. The highest BCUT2D eigenvalue weighted by Crippen LogP contribution is 2.13. The number of hydrogen-bond donors (Lipinski definition) is 2. The Morgan fingerprint density at radius 2 is 2.28 bits per heavy atom. The first-order valence-corrected chi connectivity index (χ1v) is 5.85. The number of nitrogens with zero attached hydrogens (tertiary/aromatic N) is 3. The van der Waals surface area contributed by atoms with Crippen molar-refractivity contribution in [3.63, 3.8) is 0 Å². The van der Waals surface area contributed by atoms with E-state index in [1.807, 2.05) is 4.90 Å². The van der Waals surface area contributed by atoms with Crippen LogP contribution in [0.1, 0.15) is 20.3 Å². The summed E-state index contributed by atoms with van der Waals surface area (Å²) in [6, 6.07) is 3.00. The van der Waals surface area contributed by atoms with Crippen molar-refractivity contribution in [3.05, 3.63) is 24.1 Å². The van der Waals surface area contributed by atoms with Crippen molar-refractivity contribution in [1.29, 1.82) is 0 Å². The largest absolute Gasteiger partial charge is 0.409 e. The van der Waals surface area contributed by atoms with Crippen molar-refractivity contribution in [3.8, 4) is 0 Å². The summed E-state index contributed by atoms with van der Waals surface area (Å²) < 4.78 is 12.8. The van der Waals surface area contributed by atoms with Gasteiger partial charge in [-0.3, -0.25) is 0 Å². The van der Waals surface area contributed by atoms with Gasteiger partial charge in [-0.05, 0) is 18.1 Å². The summed E-state index contributed by atoms with van der Waals surface area (Å²) in [6.07, 6.45) is 1.62. The van der Waals surface area contributed by atoms with Crippen LogP contribution in [-0.4, -0.2) is 29.1 Å². The Hall–Kier alpha value is -1.85. The van der Waals surface area contributed by atoms with E-state index in [1.54, 1.807) is 6.07 Å². The van der Waals surface area contributed by atoms with Crippen LogP contribution >= 0.6 is 0 Å². The van der Waals surface area contributed by atoms with E-state index in [0.29, 0.717) is 24.7 Å². The number of hydrogen-bond acceptors (Lipinski definition) is 4. The molecule has 6 heteroatoms.